The number of nitrogens with one attached hydrogen (secondary N) is 1. The third kappa shape index (κ3) is 4.56. The Morgan fingerprint density at radius 3 is 2.58 bits per heavy atom. The van der Waals surface area contributed by atoms with Crippen LogP contribution < -0.4 is 10.1 Å². The van der Waals surface area contributed by atoms with Crippen LogP contribution in [-0.4, -0.2) is 37.4 Å². The lowest BCUT2D eigenvalue weighted by Crippen LogP contribution is -2.23. The number of hydrogen-bond acceptors (Lipinski definition) is 5. The smallest absolute Gasteiger partial charge is 0.433 e. The summed E-state index contributed by atoms with van der Waals surface area (Å²) in [4.78, 5) is 17.1. The molecule has 172 valence electrons. The lowest BCUT2D eigenvalue weighted by molar-refractivity contribution is -0.142. The number of carbonyl (C=O) groups is 1. The number of carbonyl (C=O) groups excluding carboxylic acids is 1. The van der Waals surface area contributed by atoms with Crippen molar-refractivity contribution in [2.24, 2.45) is 0 Å². The van der Waals surface area contributed by atoms with E-state index in [4.69, 9.17) is 4.74 Å². The fraction of sp³-hybridized carbons (Fsp3) is 0.238. The van der Waals surface area contributed by atoms with Crippen molar-refractivity contribution in [1.82, 2.24) is 29.7 Å². The molecule has 0 bridgehead atoms. The van der Waals surface area contributed by atoms with Gasteiger partial charge < -0.3 is 10.1 Å². The summed E-state index contributed by atoms with van der Waals surface area (Å²) in [5.41, 5.74) is -0.249. The second-order valence-corrected chi connectivity index (χ2v) is 7.86. The first-order chi connectivity index (χ1) is 15.7. The SMILES string of the molecule is CCn1cc(Br)c(CNC(=O)c2cnn3c(C(F)(F)F)cc(-c4ccc(OC)cc4)nc23)n1. The predicted octanol–water partition coefficient (Wildman–Crippen LogP) is 4.33. The lowest BCUT2D eigenvalue weighted by atomic mass is 10.1. The Hall–Kier alpha value is -3.41. The third-order valence-electron chi connectivity index (χ3n) is 4.92. The summed E-state index contributed by atoms with van der Waals surface area (Å²) in [5, 5.41) is 10.8. The minimum atomic E-state index is -4.71. The molecule has 3 aromatic heterocycles. The summed E-state index contributed by atoms with van der Waals surface area (Å²) in [6.07, 6.45) is -1.86. The van der Waals surface area contributed by atoms with Crippen LogP contribution in [0.25, 0.3) is 16.9 Å². The standard InChI is InChI=1S/C21H18BrF3N6O2/c1-3-30-11-15(22)17(29-30)10-26-20(32)14-9-27-31-18(21(23,24)25)8-16(28-19(14)31)12-4-6-13(33-2)7-5-12/h4-9,11H,3,10H2,1-2H3,(H,26,32). The number of rotatable bonds is 6. The monoisotopic (exact) mass is 522 g/mol. The molecule has 0 saturated carbocycles. The molecule has 0 spiro atoms. The van der Waals surface area contributed by atoms with E-state index >= 15 is 0 Å². The highest BCUT2D eigenvalue weighted by molar-refractivity contribution is 9.10. The minimum absolute atomic E-state index is 0.0523. The molecule has 0 radical (unpaired) electrons. The molecule has 0 atom stereocenters. The van der Waals surface area contributed by atoms with Crippen LogP contribution in [0.15, 0.2) is 47.2 Å². The van der Waals surface area contributed by atoms with Crippen molar-refractivity contribution in [3.05, 3.63) is 64.1 Å². The van der Waals surface area contributed by atoms with Crippen molar-refractivity contribution in [2.75, 3.05) is 7.11 Å². The van der Waals surface area contributed by atoms with Crippen LogP contribution in [0.4, 0.5) is 13.2 Å². The van der Waals surface area contributed by atoms with E-state index in [1.54, 1.807) is 35.1 Å². The zero-order valence-electron chi connectivity index (χ0n) is 17.5. The summed E-state index contributed by atoms with van der Waals surface area (Å²) in [5.74, 6) is -0.0626. The van der Waals surface area contributed by atoms with Gasteiger partial charge in [0.15, 0.2) is 11.3 Å². The Morgan fingerprint density at radius 2 is 1.97 bits per heavy atom. The molecule has 1 aromatic carbocycles. The molecular formula is C21H18BrF3N6O2. The second kappa shape index (κ2) is 8.85. The van der Waals surface area contributed by atoms with Gasteiger partial charge in [-0.1, -0.05) is 0 Å². The number of ether oxygens (including phenoxy) is 1. The third-order valence-corrected chi connectivity index (χ3v) is 5.58. The van der Waals surface area contributed by atoms with Crippen molar-refractivity contribution in [2.45, 2.75) is 26.2 Å². The summed E-state index contributed by atoms with van der Waals surface area (Å²) in [7, 11) is 1.49. The maximum atomic E-state index is 13.8. The lowest BCUT2D eigenvalue weighted by Gasteiger charge is -2.12. The maximum Gasteiger partial charge on any atom is 0.433 e. The number of aryl methyl sites for hydroxylation is 1. The fourth-order valence-corrected chi connectivity index (χ4v) is 3.67. The molecule has 0 aliphatic heterocycles. The van der Waals surface area contributed by atoms with E-state index in [1.807, 2.05) is 6.92 Å². The number of hydrogen-bond donors (Lipinski definition) is 1. The van der Waals surface area contributed by atoms with Gasteiger partial charge in [0.25, 0.3) is 5.91 Å². The van der Waals surface area contributed by atoms with E-state index in [-0.39, 0.29) is 23.4 Å². The van der Waals surface area contributed by atoms with Crippen molar-refractivity contribution in [3.63, 3.8) is 0 Å². The van der Waals surface area contributed by atoms with Crippen LogP contribution in [0, 0.1) is 0 Å². The normalized spacial score (nSPS) is 11.7. The molecule has 4 aromatic rings. The molecule has 1 N–H and O–H groups in total. The molecule has 1 amide bonds. The summed E-state index contributed by atoms with van der Waals surface area (Å²) in [6.45, 7) is 2.65. The average molecular weight is 523 g/mol. The Balaban J connectivity index is 1.72. The molecule has 0 saturated heterocycles. The zero-order valence-corrected chi connectivity index (χ0v) is 19.1. The second-order valence-electron chi connectivity index (χ2n) is 7.01. The summed E-state index contributed by atoms with van der Waals surface area (Å²) in [6, 6.07) is 7.32. The van der Waals surface area contributed by atoms with E-state index in [0.717, 1.165) is 12.3 Å². The highest BCUT2D eigenvalue weighted by Gasteiger charge is 2.36. The molecule has 12 heteroatoms. The number of methoxy groups -OCH3 is 1. The molecule has 0 aliphatic rings. The molecule has 3 heterocycles. The van der Waals surface area contributed by atoms with Gasteiger partial charge in [-0.05, 0) is 53.2 Å². The van der Waals surface area contributed by atoms with Crippen LogP contribution in [-0.2, 0) is 19.3 Å². The predicted molar refractivity (Wildman–Crippen MR) is 117 cm³/mol. The van der Waals surface area contributed by atoms with Crippen LogP contribution in [0.2, 0.25) is 0 Å². The van der Waals surface area contributed by atoms with Crippen LogP contribution in [0.1, 0.15) is 28.7 Å². The van der Waals surface area contributed by atoms with Gasteiger partial charge >= 0.3 is 6.18 Å². The van der Waals surface area contributed by atoms with Crippen molar-refractivity contribution in [1.29, 1.82) is 0 Å². The van der Waals surface area contributed by atoms with Gasteiger partial charge in [-0.2, -0.15) is 23.4 Å². The number of halogens is 4. The average Bonchev–Trinajstić information content (AvgIpc) is 3.39. The van der Waals surface area contributed by atoms with E-state index in [9.17, 15) is 18.0 Å². The summed E-state index contributed by atoms with van der Waals surface area (Å²) >= 11 is 3.38. The largest absolute Gasteiger partial charge is 0.497 e. The number of benzene rings is 1. The molecule has 0 fully saturated rings. The van der Waals surface area contributed by atoms with Crippen molar-refractivity contribution in [3.8, 4) is 17.0 Å². The topological polar surface area (TPSA) is 86.3 Å². The van der Waals surface area contributed by atoms with Gasteiger partial charge in [-0.3, -0.25) is 9.48 Å². The summed E-state index contributed by atoms with van der Waals surface area (Å²) < 4.78 is 49.4. The van der Waals surface area contributed by atoms with E-state index in [2.05, 4.69) is 36.4 Å². The minimum Gasteiger partial charge on any atom is -0.497 e. The van der Waals surface area contributed by atoms with E-state index in [1.165, 1.54) is 7.11 Å². The van der Waals surface area contributed by atoms with Gasteiger partial charge in [0.05, 0.1) is 35.7 Å². The van der Waals surface area contributed by atoms with Crippen molar-refractivity contribution < 1.29 is 22.7 Å². The van der Waals surface area contributed by atoms with Gasteiger partial charge in [-0.15, -0.1) is 0 Å². The first-order valence-corrected chi connectivity index (χ1v) is 10.6. The molecular weight excluding hydrogens is 505 g/mol. The van der Waals surface area contributed by atoms with Crippen LogP contribution in [0.3, 0.4) is 0 Å². The molecule has 0 aliphatic carbocycles. The van der Waals surface area contributed by atoms with Gasteiger partial charge in [0, 0.05) is 18.3 Å². The van der Waals surface area contributed by atoms with Crippen LogP contribution in [0.5, 0.6) is 5.75 Å². The Bertz CT molecular complexity index is 1310. The highest BCUT2D eigenvalue weighted by Crippen LogP contribution is 2.33. The quantitative estimate of drug-likeness (QED) is 0.407. The Kier molecular flexibility index (Phi) is 6.11. The molecule has 33 heavy (non-hydrogen) atoms. The number of aromatic nitrogens is 5. The van der Waals surface area contributed by atoms with Gasteiger partial charge in [0.2, 0.25) is 0 Å². The van der Waals surface area contributed by atoms with Crippen molar-refractivity contribution >= 4 is 27.5 Å². The first kappa shape index (κ1) is 22.8. The van der Waals surface area contributed by atoms with Gasteiger partial charge in [-0.25, -0.2) is 9.50 Å². The maximum absolute atomic E-state index is 13.8. The number of fused-ring (bicyclic) bond motifs is 1. The van der Waals surface area contributed by atoms with Crippen LogP contribution >= 0.6 is 15.9 Å². The number of alkyl halides is 3. The molecule has 4 rings (SSSR count). The van der Waals surface area contributed by atoms with E-state index < -0.39 is 17.8 Å². The first-order valence-electron chi connectivity index (χ1n) is 9.81. The van der Waals surface area contributed by atoms with E-state index in [0.29, 0.717) is 32.5 Å². The molecule has 0 unspecified atom stereocenters. The molecule has 8 nitrogen and oxygen atoms in total. The van der Waals surface area contributed by atoms with Gasteiger partial charge in [0.1, 0.15) is 11.3 Å². The zero-order chi connectivity index (χ0) is 23.8. The Labute approximate surface area is 194 Å². The Morgan fingerprint density at radius 1 is 1.24 bits per heavy atom. The number of nitrogens with zero attached hydrogens (tertiary/aromatic N) is 5. The number of amides is 1. The highest BCUT2D eigenvalue weighted by atomic mass is 79.9. The fourth-order valence-electron chi connectivity index (χ4n) is 3.21.